The summed E-state index contributed by atoms with van der Waals surface area (Å²) >= 11 is 0. The lowest BCUT2D eigenvalue weighted by molar-refractivity contribution is -0.347. The first-order valence-electron chi connectivity index (χ1n) is 16.4. The van der Waals surface area contributed by atoms with Crippen LogP contribution in [0.1, 0.15) is 115 Å². The van der Waals surface area contributed by atoms with Crippen LogP contribution in [0.15, 0.2) is 0 Å². The Morgan fingerprint density at radius 3 is 2.16 bits per heavy atom. The molecule has 0 aromatic carbocycles. The lowest BCUT2D eigenvalue weighted by Gasteiger charge is -2.61. The van der Waals surface area contributed by atoms with Crippen molar-refractivity contribution in [2.24, 2.45) is 5.41 Å². The second-order valence-electron chi connectivity index (χ2n) is 17.0. The number of ketones is 1. The number of aliphatic hydroxyl groups is 2. The summed E-state index contributed by atoms with van der Waals surface area (Å²) in [5, 5.41) is 22.2. The first-order valence-corrected chi connectivity index (χ1v) is 18.2. The van der Waals surface area contributed by atoms with E-state index < -0.39 is 43.5 Å². The van der Waals surface area contributed by atoms with Crippen molar-refractivity contribution in [1.82, 2.24) is 0 Å². The lowest BCUT2D eigenvalue weighted by atomic mass is 9.74. The van der Waals surface area contributed by atoms with Crippen molar-refractivity contribution in [3.05, 3.63) is 0 Å². The van der Waals surface area contributed by atoms with E-state index in [9.17, 15) is 19.8 Å². The molecule has 4 fully saturated rings. The molecule has 0 aliphatic carbocycles. The van der Waals surface area contributed by atoms with E-state index >= 15 is 0 Å². The van der Waals surface area contributed by atoms with Gasteiger partial charge in [-0.2, -0.15) is 0 Å². The molecule has 0 radical (unpaired) electrons. The number of ether oxygens (including phenoxy) is 4. The lowest BCUT2D eigenvalue weighted by Crippen LogP contribution is -2.72. The van der Waals surface area contributed by atoms with E-state index in [0.29, 0.717) is 25.9 Å². The molecular formula is C33H58O10Si. The summed E-state index contributed by atoms with van der Waals surface area (Å²) in [6.07, 6.45) is -1.64. The molecule has 4 heterocycles. The van der Waals surface area contributed by atoms with E-state index in [2.05, 4.69) is 41.5 Å². The topological polar surface area (TPSA) is 130 Å². The third kappa shape index (κ3) is 6.86. The normalized spacial score (nSPS) is 38.1. The Bertz CT molecular complexity index is 1050. The van der Waals surface area contributed by atoms with Gasteiger partial charge in [0.1, 0.15) is 17.5 Å². The minimum Gasteiger partial charge on any atom is -0.465 e. The van der Waals surface area contributed by atoms with Crippen molar-refractivity contribution in [3.8, 4) is 0 Å². The number of fused-ring (bicyclic) bond motifs is 3. The van der Waals surface area contributed by atoms with Crippen molar-refractivity contribution in [3.63, 3.8) is 0 Å². The minimum absolute atomic E-state index is 0.133. The van der Waals surface area contributed by atoms with E-state index in [1.54, 1.807) is 27.7 Å². The van der Waals surface area contributed by atoms with Gasteiger partial charge in [0.15, 0.2) is 0 Å². The van der Waals surface area contributed by atoms with Crippen molar-refractivity contribution < 1.29 is 47.6 Å². The van der Waals surface area contributed by atoms with Gasteiger partial charge >= 0.3 is 14.5 Å². The van der Waals surface area contributed by atoms with Gasteiger partial charge in [-0.1, -0.05) is 41.5 Å². The quantitative estimate of drug-likeness (QED) is 0.228. The number of Topliss-reactive ketones (excluding diaryl/α,β-unsaturated/α-hetero) is 1. The predicted octanol–water partition coefficient (Wildman–Crippen LogP) is 4.75. The summed E-state index contributed by atoms with van der Waals surface area (Å²) in [4.78, 5) is 24.7. The Balaban J connectivity index is 1.37. The van der Waals surface area contributed by atoms with Crippen LogP contribution in [0.25, 0.3) is 0 Å². The molecule has 254 valence electrons. The van der Waals surface area contributed by atoms with Crippen LogP contribution < -0.4 is 0 Å². The molecule has 9 atom stereocenters. The molecule has 0 saturated carbocycles. The summed E-state index contributed by atoms with van der Waals surface area (Å²) in [5.41, 5.74) is -2.80. The van der Waals surface area contributed by atoms with E-state index in [-0.39, 0.29) is 72.1 Å². The average molecular weight is 643 g/mol. The van der Waals surface area contributed by atoms with Crippen LogP contribution >= 0.6 is 0 Å². The van der Waals surface area contributed by atoms with E-state index in [4.69, 9.17) is 27.8 Å². The summed E-state index contributed by atoms with van der Waals surface area (Å²) in [7, 11) is -2.66. The standard InChI is InChI=1S/C33H58O10Si/c1-29(2,3)28(37)38-14-12-13-20(34)15-25(35)33(11)26(36)17-27-32(10,43-33)18-23-21(41-27)16-22-24(40-23)19-39-44(42-22,30(4,5)6)31(7,8)9/h21-27,35-36H,12-19H2,1-11H3/t21-,22+,23+,24-,25+,26-,27+,32-,33+/m1/s1. The van der Waals surface area contributed by atoms with E-state index in [1.807, 2.05) is 6.92 Å². The highest BCUT2D eigenvalue weighted by atomic mass is 28.4. The highest BCUT2D eigenvalue weighted by Crippen LogP contribution is 2.56. The van der Waals surface area contributed by atoms with Crippen LogP contribution in [-0.4, -0.2) is 97.7 Å². The molecule has 0 aromatic heterocycles. The molecule has 0 amide bonds. The molecule has 0 aromatic rings. The van der Waals surface area contributed by atoms with Crippen molar-refractivity contribution in [2.45, 2.75) is 179 Å². The van der Waals surface area contributed by atoms with E-state index in [1.165, 1.54) is 0 Å². The fourth-order valence-electron chi connectivity index (χ4n) is 7.65. The SMILES string of the molecule is CC(C)(C)C(=O)OCCCC(=O)C[C@H](O)[C@]1(C)O[C@]2(C)C[C@@H]3O[C@@H]4CO[Si](C(C)(C)C)(C(C)(C)C)O[C@H]4C[C@H]3O[C@H]2C[C@H]1O. The van der Waals surface area contributed by atoms with Gasteiger partial charge < -0.3 is 38.0 Å². The Kier molecular flexibility index (Phi) is 10.0. The number of rotatable bonds is 7. The average Bonchev–Trinajstić information content (AvgIpc) is 2.87. The predicted molar refractivity (Wildman–Crippen MR) is 166 cm³/mol. The van der Waals surface area contributed by atoms with Crippen LogP contribution in [0, 0.1) is 5.41 Å². The largest absolute Gasteiger partial charge is 0.465 e. The van der Waals surface area contributed by atoms with Crippen molar-refractivity contribution >= 4 is 20.3 Å². The maximum atomic E-state index is 12.7. The van der Waals surface area contributed by atoms with Crippen LogP contribution in [0.4, 0.5) is 0 Å². The third-order valence-electron chi connectivity index (χ3n) is 10.1. The molecule has 4 rings (SSSR count). The first kappa shape index (κ1) is 35.9. The van der Waals surface area contributed by atoms with Gasteiger partial charge in [-0.15, -0.1) is 0 Å². The zero-order chi connectivity index (χ0) is 33.1. The number of carbonyl (C=O) groups is 2. The van der Waals surface area contributed by atoms with Crippen LogP contribution in [0.3, 0.4) is 0 Å². The number of esters is 1. The molecule has 10 nitrogen and oxygen atoms in total. The summed E-state index contributed by atoms with van der Waals surface area (Å²) in [5.74, 6) is -0.501. The highest BCUT2D eigenvalue weighted by Gasteiger charge is 2.65. The van der Waals surface area contributed by atoms with Gasteiger partial charge in [-0.3, -0.25) is 9.59 Å². The molecule has 2 N–H and O–H groups in total. The van der Waals surface area contributed by atoms with Gasteiger partial charge in [0.2, 0.25) is 0 Å². The first-order chi connectivity index (χ1) is 20.0. The number of hydrogen-bond acceptors (Lipinski definition) is 10. The van der Waals surface area contributed by atoms with Crippen LogP contribution in [0.2, 0.25) is 10.1 Å². The summed E-state index contributed by atoms with van der Waals surface area (Å²) < 4.78 is 38.6. The van der Waals surface area contributed by atoms with Gasteiger partial charge in [0, 0.05) is 42.2 Å². The molecule has 0 spiro atoms. The number of carbonyl (C=O) groups excluding carboxylic acids is 2. The molecule has 0 unspecified atom stereocenters. The van der Waals surface area contributed by atoms with Gasteiger partial charge in [0.25, 0.3) is 0 Å². The molecule has 4 saturated heterocycles. The summed E-state index contributed by atoms with van der Waals surface area (Å²) in [6.45, 7) is 22.7. The second-order valence-corrected chi connectivity index (χ2v) is 21.8. The fraction of sp³-hybridized carbons (Fsp3) is 0.939. The Morgan fingerprint density at radius 2 is 1.57 bits per heavy atom. The van der Waals surface area contributed by atoms with Gasteiger partial charge in [0.05, 0.1) is 60.9 Å². The number of aliphatic hydroxyl groups excluding tert-OH is 2. The Hall–Kier alpha value is -0.923. The molecule has 44 heavy (non-hydrogen) atoms. The monoisotopic (exact) mass is 642 g/mol. The third-order valence-corrected chi connectivity index (χ3v) is 15.3. The summed E-state index contributed by atoms with van der Waals surface area (Å²) in [6, 6.07) is 0. The molecule has 4 aliphatic rings. The van der Waals surface area contributed by atoms with Crippen LogP contribution in [0.5, 0.6) is 0 Å². The maximum Gasteiger partial charge on any atom is 0.349 e. The highest BCUT2D eigenvalue weighted by molar-refractivity contribution is 6.73. The van der Waals surface area contributed by atoms with Gasteiger partial charge in [-0.25, -0.2) is 0 Å². The zero-order valence-corrected chi connectivity index (χ0v) is 29.9. The smallest absolute Gasteiger partial charge is 0.349 e. The van der Waals surface area contributed by atoms with E-state index in [0.717, 1.165) is 0 Å². The van der Waals surface area contributed by atoms with Crippen molar-refractivity contribution in [2.75, 3.05) is 13.2 Å². The number of hydrogen-bond donors (Lipinski definition) is 2. The molecule has 11 heteroatoms. The molecule has 0 bridgehead atoms. The zero-order valence-electron chi connectivity index (χ0n) is 28.9. The second kappa shape index (κ2) is 12.3. The van der Waals surface area contributed by atoms with Crippen molar-refractivity contribution in [1.29, 1.82) is 0 Å². The molecular weight excluding hydrogens is 584 g/mol. The van der Waals surface area contributed by atoms with Crippen LogP contribution in [-0.2, 0) is 37.4 Å². The minimum atomic E-state index is -2.66. The maximum absolute atomic E-state index is 12.7. The fourth-order valence-corrected chi connectivity index (χ4v) is 12.6. The molecule has 4 aliphatic heterocycles. The Labute approximate surface area is 265 Å². The Morgan fingerprint density at radius 1 is 0.932 bits per heavy atom. The van der Waals surface area contributed by atoms with Gasteiger partial charge in [-0.05, 0) is 41.0 Å².